The first kappa shape index (κ1) is 20.5. The predicted octanol–water partition coefficient (Wildman–Crippen LogP) is 4.41. The third kappa shape index (κ3) is 5.17. The highest BCUT2D eigenvalue weighted by Crippen LogP contribution is 2.33. The molecule has 2 N–H and O–H groups in total. The van der Waals surface area contributed by atoms with Crippen molar-refractivity contribution in [2.45, 2.75) is 30.6 Å². The highest BCUT2D eigenvalue weighted by Gasteiger charge is 2.26. The van der Waals surface area contributed by atoms with E-state index in [-0.39, 0.29) is 16.7 Å². The largest absolute Gasteiger partial charge is 0.491 e. The predicted molar refractivity (Wildman–Crippen MR) is 107 cm³/mol. The van der Waals surface area contributed by atoms with Crippen LogP contribution in [-0.2, 0) is 14.8 Å². The molecule has 0 atom stereocenters. The molecular weight excluding hydrogens is 402 g/mol. The molecule has 0 radical (unpaired) electrons. The van der Waals surface area contributed by atoms with Crippen molar-refractivity contribution in [3.63, 3.8) is 0 Å². The zero-order valence-corrected chi connectivity index (χ0v) is 16.7. The summed E-state index contributed by atoms with van der Waals surface area (Å²) >= 11 is 6.06. The first-order valence-corrected chi connectivity index (χ1v) is 10.9. The normalized spacial score (nSPS) is 19.8. The summed E-state index contributed by atoms with van der Waals surface area (Å²) in [5, 5.41) is 9.53. The third-order valence-electron chi connectivity index (χ3n) is 4.91. The average molecular weight is 424 g/mol. The fraction of sp³-hybridized carbons (Fsp3) is 0.350. The van der Waals surface area contributed by atoms with Gasteiger partial charge in [0.25, 0.3) is 10.0 Å². The van der Waals surface area contributed by atoms with Gasteiger partial charge >= 0.3 is 5.97 Å². The highest BCUT2D eigenvalue weighted by atomic mass is 35.5. The molecule has 1 aliphatic rings. The number of anilines is 1. The summed E-state index contributed by atoms with van der Waals surface area (Å²) < 4.78 is 33.6. The van der Waals surface area contributed by atoms with Gasteiger partial charge < -0.3 is 9.84 Å². The number of sulfonamides is 1. The van der Waals surface area contributed by atoms with Gasteiger partial charge in [0.2, 0.25) is 0 Å². The van der Waals surface area contributed by atoms with Gasteiger partial charge in [0.15, 0.2) is 0 Å². The molecule has 0 aliphatic heterocycles. The number of halogens is 1. The van der Waals surface area contributed by atoms with E-state index >= 15 is 0 Å². The molecule has 0 amide bonds. The SMILES string of the molecule is O=C(O)[C@H]1CC[C@@H](COc2cc(Cl)ccc2NS(=O)(=O)c2ccccc2)CC1. The van der Waals surface area contributed by atoms with Gasteiger partial charge in [0.1, 0.15) is 5.75 Å². The van der Waals surface area contributed by atoms with Crippen LogP contribution in [0.3, 0.4) is 0 Å². The van der Waals surface area contributed by atoms with Crippen LogP contribution in [0.4, 0.5) is 5.69 Å². The minimum Gasteiger partial charge on any atom is -0.491 e. The monoisotopic (exact) mass is 423 g/mol. The Balaban J connectivity index is 1.69. The zero-order chi connectivity index (χ0) is 20.1. The second-order valence-corrected chi connectivity index (χ2v) is 9.04. The first-order chi connectivity index (χ1) is 13.3. The molecule has 0 heterocycles. The number of nitrogens with one attached hydrogen (secondary N) is 1. The summed E-state index contributed by atoms with van der Waals surface area (Å²) in [6.07, 6.45) is 2.80. The number of benzene rings is 2. The number of hydrogen-bond acceptors (Lipinski definition) is 4. The zero-order valence-electron chi connectivity index (χ0n) is 15.2. The molecule has 1 fully saturated rings. The maximum Gasteiger partial charge on any atom is 0.306 e. The standard InChI is InChI=1S/C20H22ClNO5S/c21-16-10-11-18(22-28(25,26)17-4-2-1-3-5-17)19(12-16)27-13-14-6-8-15(9-7-14)20(23)24/h1-5,10-12,14-15,22H,6-9,13H2,(H,23,24)/t14-,15+. The molecule has 0 saturated heterocycles. The number of carboxylic acid groups (broad SMARTS) is 1. The molecule has 6 nitrogen and oxygen atoms in total. The Hall–Kier alpha value is -2.25. The van der Waals surface area contributed by atoms with E-state index in [0.717, 1.165) is 12.8 Å². The van der Waals surface area contributed by atoms with Crippen molar-refractivity contribution in [1.29, 1.82) is 0 Å². The van der Waals surface area contributed by atoms with Gasteiger partial charge in [-0.2, -0.15) is 0 Å². The second-order valence-electron chi connectivity index (χ2n) is 6.93. The van der Waals surface area contributed by atoms with Gasteiger partial charge in [0, 0.05) is 11.1 Å². The molecule has 150 valence electrons. The van der Waals surface area contributed by atoms with Crippen LogP contribution in [0.2, 0.25) is 5.02 Å². The highest BCUT2D eigenvalue weighted by molar-refractivity contribution is 7.92. The van der Waals surface area contributed by atoms with Crippen LogP contribution in [0.25, 0.3) is 0 Å². The van der Waals surface area contributed by atoms with E-state index in [2.05, 4.69) is 4.72 Å². The number of carboxylic acids is 1. The third-order valence-corrected chi connectivity index (χ3v) is 6.53. The summed E-state index contributed by atoms with van der Waals surface area (Å²) in [5.41, 5.74) is 0.312. The smallest absolute Gasteiger partial charge is 0.306 e. The lowest BCUT2D eigenvalue weighted by Gasteiger charge is -2.26. The molecule has 1 aliphatic carbocycles. The van der Waals surface area contributed by atoms with Crippen LogP contribution in [0, 0.1) is 11.8 Å². The van der Waals surface area contributed by atoms with Crippen LogP contribution < -0.4 is 9.46 Å². The molecule has 0 bridgehead atoms. The Morgan fingerprint density at radius 2 is 1.79 bits per heavy atom. The van der Waals surface area contributed by atoms with Crippen LogP contribution >= 0.6 is 11.6 Å². The van der Waals surface area contributed by atoms with Crippen molar-refractivity contribution >= 4 is 33.3 Å². The lowest BCUT2D eigenvalue weighted by Crippen LogP contribution is -2.24. The van der Waals surface area contributed by atoms with Crippen molar-refractivity contribution < 1.29 is 23.1 Å². The quantitative estimate of drug-likeness (QED) is 0.688. The van der Waals surface area contributed by atoms with Crippen molar-refractivity contribution in [2.75, 3.05) is 11.3 Å². The van der Waals surface area contributed by atoms with Crippen LogP contribution in [0.5, 0.6) is 5.75 Å². The van der Waals surface area contributed by atoms with Gasteiger partial charge in [-0.3, -0.25) is 9.52 Å². The number of hydrogen-bond donors (Lipinski definition) is 2. The summed E-state index contributed by atoms with van der Waals surface area (Å²) in [4.78, 5) is 11.2. The maximum absolute atomic E-state index is 12.6. The average Bonchev–Trinajstić information content (AvgIpc) is 2.69. The Morgan fingerprint density at radius 3 is 2.43 bits per heavy atom. The van der Waals surface area contributed by atoms with Gasteiger partial charge in [-0.25, -0.2) is 8.42 Å². The summed E-state index contributed by atoms with van der Waals surface area (Å²) in [5.74, 6) is -0.442. The Kier molecular flexibility index (Phi) is 6.46. The lowest BCUT2D eigenvalue weighted by molar-refractivity contribution is -0.143. The van der Waals surface area contributed by atoms with E-state index in [9.17, 15) is 13.2 Å². The van der Waals surface area contributed by atoms with E-state index in [1.165, 1.54) is 12.1 Å². The fourth-order valence-electron chi connectivity index (χ4n) is 3.29. The number of carbonyl (C=O) groups is 1. The van der Waals surface area contributed by atoms with E-state index in [1.807, 2.05) is 0 Å². The molecule has 3 rings (SSSR count). The molecule has 0 unspecified atom stereocenters. The Morgan fingerprint density at radius 1 is 1.11 bits per heavy atom. The Labute approximate surface area is 169 Å². The maximum atomic E-state index is 12.6. The van der Waals surface area contributed by atoms with Gasteiger partial charge in [-0.05, 0) is 55.9 Å². The van der Waals surface area contributed by atoms with Gasteiger partial charge in [0.05, 0.1) is 23.1 Å². The van der Waals surface area contributed by atoms with Crippen molar-refractivity contribution in [2.24, 2.45) is 11.8 Å². The van der Waals surface area contributed by atoms with Crippen molar-refractivity contribution in [1.82, 2.24) is 0 Å². The number of aliphatic carboxylic acids is 1. The summed E-state index contributed by atoms with van der Waals surface area (Å²) in [6, 6.07) is 12.8. The molecule has 28 heavy (non-hydrogen) atoms. The first-order valence-electron chi connectivity index (χ1n) is 9.08. The van der Waals surface area contributed by atoms with E-state index in [0.29, 0.717) is 35.9 Å². The van der Waals surface area contributed by atoms with Crippen molar-refractivity contribution in [3.05, 3.63) is 53.6 Å². The molecule has 1 saturated carbocycles. The van der Waals surface area contributed by atoms with E-state index < -0.39 is 16.0 Å². The van der Waals surface area contributed by atoms with Crippen LogP contribution in [0.1, 0.15) is 25.7 Å². The van der Waals surface area contributed by atoms with Crippen LogP contribution in [-0.4, -0.2) is 26.1 Å². The fourth-order valence-corrected chi connectivity index (χ4v) is 4.54. The topological polar surface area (TPSA) is 92.7 Å². The lowest BCUT2D eigenvalue weighted by atomic mass is 9.82. The summed E-state index contributed by atoms with van der Waals surface area (Å²) in [7, 11) is -3.75. The molecule has 0 spiro atoms. The molecule has 2 aromatic carbocycles. The van der Waals surface area contributed by atoms with Crippen LogP contribution in [0.15, 0.2) is 53.4 Å². The van der Waals surface area contributed by atoms with Gasteiger partial charge in [-0.15, -0.1) is 0 Å². The number of ether oxygens (including phenoxy) is 1. The minimum atomic E-state index is -3.75. The molecular formula is C20H22ClNO5S. The van der Waals surface area contributed by atoms with Crippen molar-refractivity contribution in [3.8, 4) is 5.75 Å². The van der Waals surface area contributed by atoms with E-state index in [4.69, 9.17) is 21.4 Å². The molecule has 0 aromatic heterocycles. The van der Waals surface area contributed by atoms with E-state index in [1.54, 1.807) is 36.4 Å². The number of rotatable bonds is 7. The van der Waals surface area contributed by atoms with Gasteiger partial charge in [-0.1, -0.05) is 29.8 Å². The Bertz CT molecular complexity index is 925. The molecule has 2 aromatic rings. The minimum absolute atomic E-state index is 0.155. The molecule has 8 heteroatoms. The summed E-state index contributed by atoms with van der Waals surface area (Å²) in [6.45, 7) is 0.382. The second kappa shape index (κ2) is 8.84.